The van der Waals surface area contributed by atoms with Gasteiger partial charge in [0.05, 0.1) is 29.9 Å². The van der Waals surface area contributed by atoms with Gasteiger partial charge >= 0.3 is 0 Å². The quantitative estimate of drug-likeness (QED) is 0.0910. The molecule has 2 aromatic carbocycles. The van der Waals surface area contributed by atoms with Gasteiger partial charge in [-0.1, -0.05) is 49.7 Å². The number of allylic oxidation sites excluding steroid dienone is 1. The molecule has 0 aromatic heterocycles. The number of carbonyl (C=O) groups is 1. The molecule has 6 unspecified atom stereocenters. The fraction of sp³-hybridized carbons (Fsp3) is 0.500. The summed E-state index contributed by atoms with van der Waals surface area (Å²) in [6.07, 6.45) is 11.5. The predicted molar refractivity (Wildman–Crippen MR) is 200 cm³/mol. The molecule has 2 aliphatic carbocycles. The van der Waals surface area contributed by atoms with Gasteiger partial charge in [0.2, 0.25) is 5.79 Å². The van der Waals surface area contributed by atoms with Crippen LogP contribution in [0, 0.1) is 29.1 Å². The molecule has 6 atom stereocenters. The SMILES string of the molecule is C=CCOc1ccc2c(c1)C1C(CCCCO)C(CCCCO)C=C3C(=NOC)CC(N(CCC)C(=O)c4ccc(C#N)cc4)C(OCC=C)(O2)C31. The number of unbranched alkanes of at least 4 members (excludes halogenated alkanes) is 2. The highest BCUT2D eigenvalue weighted by Crippen LogP contribution is 2.62. The van der Waals surface area contributed by atoms with E-state index in [-0.39, 0.29) is 43.5 Å². The number of rotatable bonds is 19. The number of oxime groups is 1. The van der Waals surface area contributed by atoms with Gasteiger partial charge in [0.1, 0.15) is 31.3 Å². The third-order valence-corrected chi connectivity index (χ3v) is 10.6. The van der Waals surface area contributed by atoms with E-state index in [0.717, 1.165) is 42.5 Å². The second-order valence-electron chi connectivity index (χ2n) is 13.7. The summed E-state index contributed by atoms with van der Waals surface area (Å²) in [6.45, 7) is 11.0. The van der Waals surface area contributed by atoms with Crippen LogP contribution in [-0.4, -0.2) is 78.6 Å². The molecule has 0 saturated heterocycles. The van der Waals surface area contributed by atoms with Gasteiger partial charge in [0.25, 0.3) is 5.91 Å². The van der Waals surface area contributed by atoms with Crippen LogP contribution in [0.15, 0.2) is 84.6 Å². The molecule has 1 amide bonds. The molecule has 1 aliphatic heterocycles. The topological polar surface area (TPSA) is 134 Å². The summed E-state index contributed by atoms with van der Waals surface area (Å²) in [5.41, 5.74) is 3.64. The Bertz CT molecular complexity index is 1650. The summed E-state index contributed by atoms with van der Waals surface area (Å²) < 4.78 is 20.3. The van der Waals surface area contributed by atoms with Crippen LogP contribution in [0.5, 0.6) is 11.5 Å². The fourth-order valence-electron chi connectivity index (χ4n) is 8.50. The van der Waals surface area contributed by atoms with Gasteiger partial charge in [-0.15, -0.1) is 6.58 Å². The molecule has 5 rings (SSSR count). The van der Waals surface area contributed by atoms with Crippen LogP contribution in [0.1, 0.15) is 85.7 Å². The highest BCUT2D eigenvalue weighted by molar-refractivity contribution is 6.03. The first-order valence-corrected chi connectivity index (χ1v) is 18.6. The molecule has 1 heterocycles. The van der Waals surface area contributed by atoms with Crippen LogP contribution in [0.25, 0.3) is 0 Å². The van der Waals surface area contributed by atoms with E-state index in [0.29, 0.717) is 61.5 Å². The number of nitrogens with zero attached hydrogens (tertiary/aromatic N) is 3. The van der Waals surface area contributed by atoms with E-state index in [9.17, 15) is 20.3 Å². The second kappa shape index (κ2) is 18.4. The van der Waals surface area contributed by atoms with Crippen LogP contribution < -0.4 is 9.47 Å². The molecule has 1 saturated carbocycles. The van der Waals surface area contributed by atoms with Crippen molar-refractivity contribution in [1.29, 1.82) is 5.26 Å². The summed E-state index contributed by atoms with van der Waals surface area (Å²) in [6, 6.07) is 14.1. The number of aliphatic hydroxyl groups is 2. The van der Waals surface area contributed by atoms with Crippen LogP contribution in [0.3, 0.4) is 0 Å². The van der Waals surface area contributed by atoms with Crippen molar-refractivity contribution in [3.63, 3.8) is 0 Å². The van der Waals surface area contributed by atoms with Crippen LogP contribution in [0.4, 0.5) is 0 Å². The molecule has 0 spiro atoms. The third-order valence-electron chi connectivity index (χ3n) is 10.6. The Labute approximate surface area is 308 Å². The molecule has 52 heavy (non-hydrogen) atoms. The lowest BCUT2D eigenvalue weighted by atomic mass is 9.55. The normalized spacial score (nSPS) is 25.1. The van der Waals surface area contributed by atoms with E-state index >= 15 is 0 Å². The lowest BCUT2D eigenvalue weighted by Crippen LogP contribution is -2.70. The van der Waals surface area contributed by atoms with Crippen molar-refractivity contribution < 1.29 is 34.1 Å². The highest BCUT2D eigenvalue weighted by atomic mass is 16.7. The molecule has 10 heteroatoms. The molecule has 278 valence electrons. The zero-order chi connectivity index (χ0) is 37.1. The fourth-order valence-corrected chi connectivity index (χ4v) is 8.50. The van der Waals surface area contributed by atoms with E-state index in [2.05, 4.69) is 36.5 Å². The van der Waals surface area contributed by atoms with Gasteiger partial charge in [-0.05, 0) is 92.0 Å². The summed E-state index contributed by atoms with van der Waals surface area (Å²) >= 11 is 0. The number of ether oxygens (including phenoxy) is 3. The van der Waals surface area contributed by atoms with Crippen molar-refractivity contribution in [2.45, 2.75) is 76.0 Å². The first-order chi connectivity index (χ1) is 25.4. The Hall–Kier alpha value is -4.43. The maximum Gasteiger partial charge on any atom is 0.254 e. The van der Waals surface area contributed by atoms with Crippen LogP contribution in [-0.2, 0) is 9.57 Å². The Morgan fingerprint density at radius 3 is 2.46 bits per heavy atom. The molecule has 2 N–H and O–H groups in total. The molecule has 10 nitrogen and oxygen atoms in total. The monoisotopic (exact) mass is 711 g/mol. The van der Waals surface area contributed by atoms with Crippen molar-refractivity contribution in [2.75, 3.05) is 40.1 Å². The third kappa shape index (κ3) is 7.97. The van der Waals surface area contributed by atoms with E-state index in [1.807, 2.05) is 24.0 Å². The number of carbonyl (C=O) groups excluding carboxylic acids is 1. The smallest absolute Gasteiger partial charge is 0.254 e. The number of hydrogen-bond donors (Lipinski definition) is 2. The standard InChI is InChI=1S/C42H53N3O7/c1-5-20-45(41(48)30-16-14-29(28-43)15-17-30)38-27-36(44-49-4)34-25-31(12-8-10-21-46)33(13-9-11-22-47)39-35-26-32(50-23-6-2)18-19-37(35)52-42(38,40(34)39)51-24-7-3/h6-7,14-19,25-26,31,33,38-40,46-47H,2-3,5,8-13,20-24,27H2,1,4H3. The number of fused-ring (bicyclic) bond motifs is 2. The van der Waals surface area contributed by atoms with Gasteiger partial charge in [0, 0.05) is 43.2 Å². The first kappa shape index (κ1) is 38.8. The average Bonchev–Trinajstić information content (AvgIpc) is 3.17. The van der Waals surface area contributed by atoms with Crippen LogP contribution in [0.2, 0.25) is 0 Å². The van der Waals surface area contributed by atoms with Crippen molar-refractivity contribution in [3.05, 3.63) is 96.1 Å². The number of benzene rings is 2. The van der Waals surface area contributed by atoms with Crippen molar-refractivity contribution in [1.82, 2.24) is 4.90 Å². The van der Waals surface area contributed by atoms with Gasteiger partial charge in [-0.3, -0.25) is 4.79 Å². The largest absolute Gasteiger partial charge is 0.490 e. The van der Waals surface area contributed by atoms with Gasteiger partial charge < -0.3 is 34.2 Å². The Kier molecular flexibility index (Phi) is 13.7. The molecule has 0 radical (unpaired) electrons. The van der Waals surface area contributed by atoms with Gasteiger partial charge in [-0.25, -0.2) is 0 Å². The lowest BCUT2D eigenvalue weighted by Gasteiger charge is -2.60. The van der Waals surface area contributed by atoms with Crippen molar-refractivity contribution >= 4 is 11.6 Å². The number of hydrogen-bond acceptors (Lipinski definition) is 9. The van der Waals surface area contributed by atoms with E-state index in [4.69, 9.17) is 19.0 Å². The Morgan fingerprint density at radius 2 is 1.81 bits per heavy atom. The Morgan fingerprint density at radius 1 is 1.08 bits per heavy atom. The number of nitriles is 1. The number of aliphatic hydroxyl groups excluding tert-OH is 2. The maximum atomic E-state index is 14.6. The van der Waals surface area contributed by atoms with Gasteiger partial charge in [0.15, 0.2) is 0 Å². The van der Waals surface area contributed by atoms with Gasteiger partial charge in [-0.2, -0.15) is 5.26 Å². The predicted octanol–water partition coefficient (Wildman–Crippen LogP) is 6.94. The lowest BCUT2D eigenvalue weighted by molar-refractivity contribution is -0.254. The molecular weight excluding hydrogens is 658 g/mol. The average molecular weight is 712 g/mol. The maximum absolute atomic E-state index is 14.6. The summed E-state index contributed by atoms with van der Waals surface area (Å²) in [5.74, 6) is -0.466. The van der Waals surface area contributed by atoms with E-state index < -0.39 is 17.7 Å². The minimum absolute atomic E-state index is 0.110. The molecule has 3 aliphatic rings. The Balaban J connectivity index is 1.77. The molecule has 0 bridgehead atoms. The van der Waals surface area contributed by atoms with E-state index in [1.165, 1.54) is 7.11 Å². The van der Waals surface area contributed by atoms with Crippen molar-refractivity contribution in [3.8, 4) is 17.6 Å². The first-order valence-electron chi connectivity index (χ1n) is 18.6. The number of amides is 1. The zero-order valence-corrected chi connectivity index (χ0v) is 30.5. The summed E-state index contributed by atoms with van der Waals surface area (Å²) in [5, 5.41) is 33.6. The zero-order valence-electron chi connectivity index (χ0n) is 30.5. The second-order valence-corrected chi connectivity index (χ2v) is 13.7. The minimum atomic E-state index is -1.34. The highest BCUT2D eigenvalue weighted by Gasteiger charge is 2.65. The molecule has 1 fully saturated rings. The van der Waals surface area contributed by atoms with E-state index in [1.54, 1.807) is 36.4 Å². The van der Waals surface area contributed by atoms with Crippen LogP contribution >= 0.6 is 0 Å². The minimum Gasteiger partial charge on any atom is -0.490 e. The summed E-state index contributed by atoms with van der Waals surface area (Å²) in [4.78, 5) is 22.0. The summed E-state index contributed by atoms with van der Waals surface area (Å²) in [7, 11) is 1.54. The molecular formula is C42H53N3O7. The van der Waals surface area contributed by atoms with Crippen molar-refractivity contribution in [2.24, 2.45) is 22.9 Å². The molecule has 2 aromatic rings.